The van der Waals surface area contributed by atoms with Crippen LogP contribution in [0.25, 0.3) is 67.5 Å². The molecule has 7 rings (SSSR count). The van der Waals surface area contributed by atoms with Crippen LogP contribution >= 0.6 is 0 Å². The lowest BCUT2D eigenvalue weighted by molar-refractivity contribution is 1.07. The van der Waals surface area contributed by atoms with E-state index in [-0.39, 0.29) is 0 Å². The number of hydrogen-bond donors (Lipinski definition) is 0. The first-order valence-corrected chi connectivity index (χ1v) is 13.9. The summed E-state index contributed by atoms with van der Waals surface area (Å²) in [5, 5.41) is 0. The maximum Gasteiger partial charge on any atom is 0.163 e. The second kappa shape index (κ2) is 11.4. The fraction of sp³-hybridized carbons (Fsp3) is 0. The Balaban J connectivity index is 1.25. The molecular weight excluding hydrogens is 512 g/mol. The number of rotatable bonds is 6. The topological polar surface area (TPSA) is 51.6 Å². The van der Waals surface area contributed by atoms with Crippen LogP contribution in [0.3, 0.4) is 0 Å². The van der Waals surface area contributed by atoms with Crippen LogP contribution in [0.2, 0.25) is 0 Å². The van der Waals surface area contributed by atoms with E-state index in [4.69, 9.17) is 9.97 Å². The number of pyridine rings is 1. The van der Waals surface area contributed by atoms with Crippen molar-refractivity contribution in [2.24, 2.45) is 0 Å². The van der Waals surface area contributed by atoms with Crippen LogP contribution in [0.1, 0.15) is 0 Å². The number of aromatic nitrogens is 4. The second-order valence-electron chi connectivity index (χ2n) is 9.98. The van der Waals surface area contributed by atoms with Gasteiger partial charge in [-0.15, -0.1) is 0 Å². The van der Waals surface area contributed by atoms with Crippen LogP contribution in [0.5, 0.6) is 0 Å². The highest BCUT2D eigenvalue weighted by molar-refractivity contribution is 5.84. The summed E-state index contributed by atoms with van der Waals surface area (Å²) < 4.78 is 0. The average Bonchev–Trinajstić information content (AvgIpc) is 3.09. The van der Waals surface area contributed by atoms with Crippen molar-refractivity contribution in [1.29, 1.82) is 0 Å². The van der Waals surface area contributed by atoms with E-state index >= 15 is 0 Å². The number of hydrogen-bond acceptors (Lipinski definition) is 4. The Morgan fingerprint density at radius 1 is 0.333 bits per heavy atom. The molecule has 0 unspecified atom stereocenters. The smallest absolute Gasteiger partial charge is 0.163 e. The first-order valence-electron chi connectivity index (χ1n) is 13.9. The minimum absolute atomic E-state index is 0.629. The van der Waals surface area contributed by atoms with Crippen LogP contribution < -0.4 is 0 Å². The third-order valence-corrected chi connectivity index (χ3v) is 7.27. The molecule has 0 aliphatic heterocycles. The fourth-order valence-electron chi connectivity index (χ4n) is 5.12. The molecule has 0 radical (unpaired) electrons. The Morgan fingerprint density at radius 2 is 0.857 bits per heavy atom. The fourth-order valence-corrected chi connectivity index (χ4v) is 5.12. The normalized spacial score (nSPS) is 10.9. The molecule has 198 valence electrons. The Kier molecular flexibility index (Phi) is 6.85. The zero-order valence-corrected chi connectivity index (χ0v) is 22.8. The van der Waals surface area contributed by atoms with Crippen molar-refractivity contribution in [2.45, 2.75) is 0 Å². The van der Waals surface area contributed by atoms with Gasteiger partial charge < -0.3 is 0 Å². The van der Waals surface area contributed by atoms with Gasteiger partial charge in [0.25, 0.3) is 0 Å². The lowest BCUT2D eigenvalue weighted by atomic mass is 9.96. The van der Waals surface area contributed by atoms with Crippen molar-refractivity contribution in [3.05, 3.63) is 158 Å². The van der Waals surface area contributed by atoms with Crippen LogP contribution in [0, 0.1) is 0 Å². The summed E-state index contributed by atoms with van der Waals surface area (Å²) in [6, 6.07) is 51.8. The van der Waals surface area contributed by atoms with E-state index in [1.807, 2.05) is 66.7 Å². The zero-order chi connectivity index (χ0) is 28.1. The maximum absolute atomic E-state index is 5.13. The monoisotopic (exact) mass is 538 g/mol. The minimum atomic E-state index is 0.629. The van der Waals surface area contributed by atoms with Gasteiger partial charge in [-0.05, 0) is 28.8 Å². The lowest BCUT2D eigenvalue weighted by Crippen LogP contribution is -1.96. The van der Waals surface area contributed by atoms with Crippen molar-refractivity contribution in [3.63, 3.8) is 0 Å². The predicted molar refractivity (Wildman–Crippen MR) is 170 cm³/mol. The molecule has 7 aromatic rings. The highest BCUT2D eigenvalue weighted by Gasteiger charge is 2.14. The van der Waals surface area contributed by atoms with Gasteiger partial charge in [-0.2, -0.15) is 0 Å². The highest BCUT2D eigenvalue weighted by Crippen LogP contribution is 2.34. The first-order chi connectivity index (χ1) is 20.8. The van der Waals surface area contributed by atoms with E-state index in [0.29, 0.717) is 11.6 Å². The molecule has 0 atom stereocenters. The molecule has 0 saturated heterocycles. The van der Waals surface area contributed by atoms with Crippen molar-refractivity contribution in [3.8, 4) is 67.5 Å². The second-order valence-corrected chi connectivity index (χ2v) is 9.98. The molecule has 5 aromatic carbocycles. The molecule has 0 N–H and O–H groups in total. The van der Waals surface area contributed by atoms with E-state index in [1.165, 1.54) is 5.56 Å². The average molecular weight is 539 g/mol. The lowest BCUT2D eigenvalue weighted by Gasteiger charge is -2.13. The minimum Gasteiger partial charge on any atom is -0.247 e. The van der Waals surface area contributed by atoms with Crippen LogP contribution in [0.15, 0.2) is 158 Å². The summed E-state index contributed by atoms with van der Waals surface area (Å²) >= 11 is 0. The van der Waals surface area contributed by atoms with Gasteiger partial charge in [0.05, 0.1) is 11.4 Å². The van der Waals surface area contributed by atoms with Crippen molar-refractivity contribution in [2.75, 3.05) is 0 Å². The molecule has 0 aliphatic rings. The summed E-state index contributed by atoms with van der Waals surface area (Å²) in [5.41, 5.74) is 10.3. The summed E-state index contributed by atoms with van der Waals surface area (Å²) in [7, 11) is 0. The standard InChI is InChI=1S/C38H26N4/c1-4-11-27(12-5-1)28-19-21-31(22-20-28)37-39-26-40-38(42-37)33-18-10-17-32(25-33)34-23-24-35(29-13-6-2-7-14-29)41-36(34)30-15-8-3-9-16-30/h1-26H. The molecule has 2 aromatic heterocycles. The molecule has 4 nitrogen and oxygen atoms in total. The molecule has 0 saturated carbocycles. The van der Waals surface area contributed by atoms with Crippen LogP contribution in [0.4, 0.5) is 0 Å². The van der Waals surface area contributed by atoms with Crippen molar-refractivity contribution in [1.82, 2.24) is 19.9 Å². The summed E-state index contributed by atoms with van der Waals surface area (Å²) in [4.78, 5) is 19.0. The van der Waals surface area contributed by atoms with Crippen molar-refractivity contribution < 1.29 is 0 Å². The highest BCUT2D eigenvalue weighted by atomic mass is 15.0. The van der Waals surface area contributed by atoms with Gasteiger partial charge in [0, 0.05) is 27.8 Å². The van der Waals surface area contributed by atoms with Crippen molar-refractivity contribution >= 4 is 0 Å². The third-order valence-electron chi connectivity index (χ3n) is 7.27. The number of nitrogens with zero attached hydrogens (tertiary/aromatic N) is 4. The van der Waals surface area contributed by atoms with Gasteiger partial charge in [-0.3, -0.25) is 0 Å². The summed E-state index contributed by atoms with van der Waals surface area (Å²) in [6.07, 6.45) is 1.58. The Morgan fingerprint density at radius 3 is 1.55 bits per heavy atom. The summed E-state index contributed by atoms with van der Waals surface area (Å²) in [6.45, 7) is 0. The zero-order valence-electron chi connectivity index (χ0n) is 22.8. The Hall–Kier alpha value is -5.74. The third kappa shape index (κ3) is 5.21. The molecule has 42 heavy (non-hydrogen) atoms. The largest absolute Gasteiger partial charge is 0.247 e. The Bertz CT molecular complexity index is 1950. The Labute approximate surface area is 245 Å². The van der Waals surface area contributed by atoms with Gasteiger partial charge in [0.15, 0.2) is 11.6 Å². The SMILES string of the molecule is c1ccc(-c2ccc(-c3ncnc(-c4cccc(-c5ccc(-c6ccccc6)nc5-c5ccccc5)c4)n3)cc2)cc1. The van der Waals surface area contributed by atoms with E-state index in [0.717, 1.165) is 50.3 Å². The van der Waals surface area contributed by atoms with E-state index in [9.17, 15) is 0 Å². The molecule has 0 bridgehead atoms. The van der Waals surface area contributed by atoms with Crippen LogP contribution in [-0.2, 0) is 0 Å². The first kappa shape index (κ1) is 25.2. The molecular formula is C38H26N4. The maximum atomic E-state index is 5.13. The van der Waals surface area contributed by atoms with E-state index < -0.39 is 0 Å². The quantitative estimate of drug-likeness (QED) is 0.212. The molecule has 2 heterocycles. The molecule has 0 spiro atoms. The molecule has 4 heteroatoms. The predicted octanol–water partition coefficient (Wildman–Crippen LogP) is 9.27. The van der Waals surface area contributed by atoms with Gasteiger partial charge in [-0.25, -0.2) is 19.9 Å². The number of benzene rings is 5. The van der Waals surface area contributed by atoms with Gasteiger partial charge >= 0.3 is 0 Å². The molecule has 0 aliphatic carbocycles. The van der Waals surface area contributed by atoms with Gasteiger partial charge in [0.1, 0.15) is 6.33 Å². The van der Waals surface area contributed by atoms with E-state index in [2.05, 4.69) is 94.9 Å². The summed E-state index contributed by atoms with van der Waals surface area (Å²) in [5.74, 6) is 1.27. The molecule has 0 amide bonds. The van der Waals surface area contributed by atoms with Crippen LogP contribution in [-0.4, -0.2) is 19.9 Å². The van der Waals surface area contributed by atoms with Gasteiger partial charge in [0.2, 0.25) is 0 Å². The van der Waals surface area contributed by atoms with E-state index in [1.54, 1.807) is 6.33 Å². The molecule has 0 fully saturated rings. The van der Waals surface area contributed by atoms with Gasteiger partial charge in [-0.1, -0.05) is 140 Å².